The highest BCUT2D eigenvalue weighted by molar-refractivity contribution is 5.96. The number of fused-ring (bicyclic) bond motifs is 3. The van der Waals surface area contributed by atoms with Crippen molar-refractivity contribution in [3.63, 3.8) is 0 Å². The minimum Gasteiger partial charge on any atom is -0.388 e. The normalized spacial score (nSPS) is 14.6. The summed E-state index contributed by atoms with van der Waals surface area (Å²) in [6, 6.07) is 14.3. The first-order chi connectivity index (χ1) is 28.9. The number of rotatable bonds is 5. The van der Waals surface area contributed by atoms with Gasteiger partial charge >= 0.3 is 0 Å². The van der Waals surface area contributed by atoms with Gasteiger partial charge in [0.1, 0.15) is 34.9 Å². The lowest BCUT2D eigenvalue weighted by atomic mass is 9.91. The van der Waals surface area contributed by atoms with E-state index in [0.717, 1.165) is 83.3 Å². The first-order valence-electron chi connectivity index (χ1n) is 20.4. The van der Waals surface area contributed by atoms with E-state index in [1.165, 1.54) is 83.5 Å². The monoisotopic (exact) mass is 821 g/mol. The van der Waals surface area contributed by atoms with E-state index in [1.807, 2.05) is 24.4 Å². The molecule has 0 saturated heterocycles. The molecule has 3 aliphatic rings. The van der Waals surface area contributed by atoms with Gasteiger partial charge in [-0.25, -0.2) is 26.3 Å². The molecule has 310 valence electrons. The van der Waals surface area contributed by atoms with Gasteiger partial charge in [0.25, 0.3) is 0 Å². The number of benzene rings is 3. The summed E-state index contributed by atoms with van der Waals surface area (Å²) in [6.07, 6.45) is 17.1. The molecule has 60 heavy (non-hydrogen) atoms. The molecule has 3 heterocycles. The molecule has 0 fully saturated rings. The molecule has 3 aromatic heterocycles. The van der Waals surface area contributed by atoms with Gasteiger partial charge in [0.15, 0.2) is 5.78 Å². The summed E-state index contributed by atoms with van der Waals surface area (Å²) in [5, 5.41) is 9.55. The largest absolute Gasteiger partial charge is 0.388 e. The second kappa shape index (κ2) is 18.7. The highest BCUT2D eigenvalue weighted by Crippen LogP contribution is 2.33. The maximum absolute atomic E-state index is 14.5. The minimum absolute atomic E-state index is 0.176. The summed E-state index contributed by atoms with van der Waals surface area (Å²) in [5.41, 5.74) is 8.79. The van der Waals surface area contributed by atoms with Crippen molar-refractivity contribution >= 4 is 5.78 Å². The fourth-order valence-corrected chi connectivity index (χ4v) is 8.20. The molecule has 0 amide bonds. The molecule has 3 aromatic carbocycles. The quantitative estimate of drug-likeness (QED) is 0.138. The van der Waals surface area contributed by atoms with Gasteiger partial charge in [0, 0.05) is 41.3 Å². The zero-order valence-electron chi connectivity index (χ0n) is 33.5. The average Bonchev–Trinajstić information content (AvgIpc) is 3.23. The van der Waals surface area contributed by atoms with Gasteiger partial charge in [-0.2, -0.15) is 0 Å². The minimum atomic E-state index is -1.19. The third kappa shape index (κ3) is 9.36. The van der Waals surface area contributed by atoms with Gasteiger partial charge in [-0.1, -0.05) is 0 Å². The summed E-state index contributed by atoms with van der Waals surface area (Å²) in [6.45, 7) is 2.51. The van der Waals surface area contributed by atoms with Crippen LogP contribution in [0.5, 0.6) is 0 Å². The number of Topliss-reactive ketones (excluding diaryl/α,β-unsaturated/α-hetero) is 1. The predicted molar refractivity (Wildman–Crippen MR) is 219 cm³/mol. The fraction of sp³-hybridized carbons (Fsp3) is 0.306. The smallest absolute Gasteiger partial charge is 0.165 e. The lowest BCUT2D eigenvalue weighted by Crippen LogP contribution is -2.06. The van der Waals surface area contributed by atoms with E-state index in [0.29, 0.717) is 22.6 Å². The van der Waals surface area contributed by atoms with Crippen LogP contribution in [0.15, 0.2) is 79.3 Å². The standard InChI is InChI=1S/C17H17F2NO.C17H15F2NO.C15H13F2N/c2*1-10(21)16-14(18)7-6-13(17(16)19)15-8-11-4-2-3-5-12(11)9-20-15;16-12-5-6-13(14(17)8-12)15-7-10-3-1-2-4-11(10)9-18-15/h6-10,21H,2-5H2,1H3;6-9H,2-5H2,1H3;5-9H,1-4H2. The highest BCUT2D eigenvalue weighted by atomic mass is 19.2. The van der Waals surface area contributed by atoms with E-state index in [4.69, 9.17) is 0 Å². The molecule has 1 atom stereocenters. The molecule has 9 rings (SSSR count). The Morgan fingerprint density at radius 2 is 0.917 bits per heavy atom. The van der Waals surface area contributed by atoms with E-state index < -0.39 is 52.4 Å². The van der Waals surface area contributed by atoms with E-state index >= 15 is 0 Å². The van der Waals surface area contributed by atoms with Crippen LogP contribution in [0.2, 0.25) is 0 Å². The lowest BCUT2D eigenvalue weighted by Gasteiger charge is -2.17. The number of pyridine rings is 3. The van der Waals surface area contributed by atoms with Gasteiger partial charge in [-0.3, -0.25) is 19.7 Å². The predicted octanol–water partition coefficient (Wildman–Crippen LogP) is 12.0. The number of hydrogen-bond donors (Lipinski definition) is 1. The molecular weight excluding hydrogens is 777 g/mol. The molecule has 3 aliphatic carbocycles. The third-order valence-corrected chi connectivity index (χ3v) is 11.4. The van der Waals surface area contributed by atoms with E-state index in [-0.39, 0.29) is 16.7 Å². The van der Waals surface area contributed by atoms with Crippen molar-refractivity contribution in [2.75, 3.05) is 0 Å². The number of aryl methyl sites for hydroxylation is 6. The topological polar surface area (TPSA) is 76.0 Å². The Kier molecular flexibility index (Phi) is 13.2. The SMILES string of the molecule is CC(=O)c1c(F)ccc(-c2cc3c(cn2)CCCC3)c1F.CC(O)c1c(F)ccc(-c2cc3c(cn2)CCCC3)c1F.Fc1ccc(-c2cc3c(cn2)CCCC3)c(F)c1. The molecular formula is C49H45F6N3O2. The van der Waals surface area contributed by atoms with E-state index in [9.17, 15) is 36.2 Å². The second-order valence-electron chi connectivity index (χ2n) is 15.6. The number of carbonyl (C=O) groups is 1. The van der Waals surface area contributed by atoms with E-state index in [2.05, 4.69) is 15.0 Å². The molecule has 6 aromatic rings. The molecule has 0 saturated carbocycles. The highest BCUT2D eigenvalue weighted by Gasteiger charge is 2.22. The van der Waals surface area contributed by atoms with Gasteiger partial charge in [-0.15, -0.1) is 0 Å². The van der Waals surface area contributed by atoms with Crippen LogP contribution in [0.3, 0.4) is 0 Å². The van der Waals surface area contributed by atoms with Crippen LogP contribution in [0.1, 0.15) is 108 Å². The number of aliphatic hydroxyl groups excluding tert-OH is 1. The second-order valence-corrected chi connectivity index (χ2v) is 15.6. The number of hydrogen-bond acceptors (Lipinski definition) is 5. The fourth-order valence-electron chi connectivity index (χ4n) is 8.20. The molecule has 0 radical (unpaired) electrons. The van der Waals surface area contributed by atoms with Gasteiger partial charge in [0.05, 0.1) is 34.3 Å². The summed E-state index contributed by atoms with van der Waals surface area (Å²) >= 11 is 0. The van der Waals surface area contributed by atoms with Crippen LogP contribution in [0.25, 0.3) is 33.8 Å². The number of aliphatic hydroxyl groups is 1. The van der Waals surface area contributed by atoms with Gasteiger partial charge in [0.2, 0.25) is 0 Å². The first-order valence-corrected chi connectivity index (χ1v) is 20.4. The van der Waals surface area contributed by atoms with Crippen molar-refractivity contribution in [2.45, 2.75) is 97.0 Å². The summed E-state index contributed by atoms with van der Waals surface area (Å²) in [7, 11) is 0. The van der Waals surface area contributed by atoms with Gasteiger partial charge < -0.3 is 5.11 Å². The lowest BCUT2D eigenvalue weighted by molar-refractivity contribution is 0.101. The maximum Gasteiger partial charge on any atom is 0.165 e. The molecule has 0 spiro atoms. The molecule has 11 heteroatoms. The van der Waals surface area contributed by atoms with Crippen LogP contribution >= 0.6 is 0 Å². The Balaban J connectivity index is 0.000000137. The van der Waals surface area contributed by atoms with Crippen molar-refractivity contribution in [1.29, 1.82) is 0 Å². The Bertz CT molecular complexity index is 2560. The summed E-state index contributed by atoms with van der Waals surface area (Å²) in [5.74, 6) is -4.86. The van der Waals surface area contributed by atoms with E-state index in [1.54, 1.807) is 12.4 Å². The molecule has 1 unspecified atom stereocenters. The zero-order chi connectivity index (χ0) is 42.5. The Morgan fingerprint density at radius 1 is 0.517 bits per heavy atom. The summed E-state index contributed by atoms with van der Waals surface area (Å²) in [4.78, 5) is 24.3. The number of halogens is 6. The Morgan fingerprint density at radius 3 is 1.35 bits per heavy atom. The van der Waals surface area contributed by atoms with Crippen molar-refractivity contribution < 1.29 is 36.2 Å². The molecule has 5 nitrogen and oxygen atoms in total. The Hall–Kier alpha value is -5.68. The molecule has 0 bridgehead atoms. The summed E-state index contributed by atoms with van der Waals surface area (Å²) < 4.78 is 82.7. The van der Waals surface area contributed by atoms with Crippen LogP contribution < -0.4 is 0 Å². The van der Waals surface area contributed by atoms with Crippen LogP contribution in [-0.2, 0) is 38.5 Å². The van der Waals surface area contributed by atoms with Crippen molar-refractivity contribution in [2.24, 2.45) is 0 Å². The number of aromatic nitrogens is 3. The van der Waals surface area contributed by atoms with Crippen molar-refractivity contribution in [3.05, 3.63) is 159 Å². The van der Waals surface area contributed by atoms with Crippen LogP contribution in [-0.4, -0.2) is 25.8 Å². The zero-order valence-corrected chi connectivity index (χ0v) is 33.5. The third-order valence-electron chi connectivity index (χ3n) is 11.4. The number of ketones is 1. The average molecular weight is 822 g/mol. The number of nitrogens with zero attached hydrogens (tertiary/aromatic N) is 3. The molecule has 1 N–H and O–H groups in total. The van der Waals surface area contributed by atoms with Crippen LogP contribution in [0, 0.1) is 34.9 Å². The number of carbonyl (C=O) groups excluding carboxylic acids is 1. The first kappa shape index (κ1) is 42.4. The Labute approximate surface area is 345 Å². The maximum atomic E-state index is 14.5. The van der Waals surface area contributed by atoms with Gasteiger partial charge in [-0.05, 0) is 179 Å². The van der Waals surface area contributed by atoms with Crippen LogP contribution in [0.4, 0.5) is 26.3 Å². The molecule has 0 aliphatic heterocycles. The van der Waals surface area contributed by atoms with Crippen molar-refractivity contribution in [1.82, 2.24) is 15.0 Å². The van der Waals surface area contributed by atoms with Crippen molar-refractivity contribution in [3.8, 4) is 33.8 Å².